The van der Waals surface area contributed by atoms with Crippen molar-refractivity contribution in [3.63, 3.8) is 0 Å². The summed E-state index contributed by atoms with van der Waals surface area (Å²) in [7, 11) is 8.26. The minimum Gasteiger partial charge on any atom is -0.481 e. The molecule has 16 atom stereocenters. The van der Waals surface area contributed by atoms with E-state index in [1.54, 1.807) is 23.8 Å². The van der Waals surface area contributed by atoms with Gasteiger partial charge in [0.05, 0.1) is 63.2 Å². The third-order valence-electron chi connectivity index (χ3n) is 16.5. The second-order valence-corrected chi connectivity index (χ2v) is 28.5. The van der Waals surface area contributed by atoms with Crippen LogP contribution in [0.5, 0.6) is 0 Å². The van der Waals surface area contributed by atoms with Crippen LogP contribution in [0.2, 0.25) is 0 Å². The van der Waals surface area contributed by atoms with Crippen molar-refractivity contribution in [1.82, 2.24) is 46.6 Å². The zero-order valence-corrected chi connectivity index (χ0v) is 58.0. The van der Waals surface area contributed by atoms with E-state index in [4.69, 9.17) is 15.2 Å². The molecule has 0 bridgehead atoms. The number of halogens is 1. The van der Waals surface area contributed by atoms with E-state index in [2.05, 4.69) is 61.1 Å². The Bertz CT molecular complexity index is 2270. The predicted octanol–water partition coefficient (Wildman–Crippen LogP) is 3.56. The van der Waals surface area contributed by atoms with Gasteiger partial charge in [0.2, 0.25) is 47.3 Å². The van der Waals surface area contributed by atoms with E-state index in [-0.39, 0.29) is 55.0 Å². The lowest BCUT2D eigenvalue weighted by Gasteiger charge is -2.41. The molecule has 25 nitrogen and oxygen atoms in total. The number of alkyl halides is 1. The molecular formula is C61H109IN10O15S. The first-order valence-electron chi connectivity index (χ1n) is 31.1. The van der Waals surface area contributed by atoms with Crippen LogP contribution in [-0.4, -0.2) is 219 Å². The molecule has 8 amide bonds. The van der Waals surface area contributed by atoms with Crippen molar-refractivity contribution in [3.8, 4) is 0 Å². The topological polar surface area (TPSA) is 358 Å². The van der Waals surface area contributed by atoms with Crippen LogP contribution in [-0.2, 0) is 57.4 Å². The molecule has 0 saturated carbocycles. The van der Waals surface area contributed by atoms with Crippen molar-refractivity contribution >= 4 is 93.5 Å². The number of aliphatic carboxylic acids is 2. The molecular weight excluding hydrogens is 1270 g/mol. The molecule has 1 aliphatic heterocycles. The first-order valence-corrected chi connectivity index (χ1v) is 33.1. The number of ether oxygens (including phenoxy) is 2. The highest BCUT2D eigenvalue weighted by molar-refractivity contribution is 14.1. The Morgan fingerprint density at radius 3 is 1.91 bits per heavy atom. The fraction of sp³-hybridized carbons (Fsp3) is 0.803. The Kier molecular flexibility index (Phi) is 37.8. The maximum atomic E-state index is 14.6. The molecule has 1 heterocycles. The molecule has 0 aliphatic carbocycles. The number of thioether (sulfide) groups is 1. The Balaban J connectivity index is 3.29. The number of allylic oxidation sites excluding steroid dienone is 1. The number of carbonyl (C=O) groups excluding carboxylic acids is 8. The normalized spacial score (nSPS) is 18.9. The first-order chi connectivity index (χ1) is 41.2. The summed E-state index contributed by atoms with van der Waals surface area (Å²) >= 11 is 3.43. The van der Waals surface area contributed by atoms with E-state index in [1.807, 2.05) is 73.5 Å². The second kappa shape index (κ2) is 40.9. The molecule has 0 radical (unpaired) electrons. The summed E-state index contributed by atoms with van der Waals surface area (Å²) in [6.45, 7) is 21.5. The minimum atomic E-state index is -1.66. The van der Waals surface area contributed by atoms with E-state index < -0.39 is 141 Å². The van der Waals surface area contributed by atoms with Crippen LogP contribution in [0.3, 0.4) is 0 Å². The number of carboxylic acids is 2. The predicted molar refractivity (Wildman–Crippen MR) is 348 cm³/mol. The Labute approximate surface area is 540 Å². The lowest BCUT2D eigenvalue weighted by molar-refractivity contribution is -0.148. The zero-order chi connectivity index (χ0) is 67.3. The Morgan fingerprint density at radius 1 is 0.773 bits per heavy atom. The van der Waals surface area contributed by atoms with Crippen molar-refractivity contribution in [2.75, 3.05) is 55.0 Å². The number of nitrogens with two attached hydrogens (primary N) is 1. The van der Waals surface area contributed by atoms with Gasteiger partial charge in [0.15, 0.2) is 0 Å². The number of unbranched alkanes of at least 4 members (excludes halogenated alkanes) is 2. The second-order valence-electron chi connectivity index (χ2n) is 24.1. The fourth-order valence-electron chi connectivity index (χ4n) is 11.2. The van der Waals surface area contributed by atoms with Crippen molar-refractivity contribution in [2.24, 2.45) is 29.4 Å². The fourth-order valence-corrected chi connectivity index (χ4v) is 14.1. The summed E-state index contributed by atoms with van der Waals surface area (Å²) in [5.41, 5.74) is 5.87. The van der Waals surface area contributed by atoms with Gasteiger partial charge in [-0.15, -0.1) is 18.3 Å². The smallest absolute Gasteiger partial charge is 0.305 e. The van der Waals surface area contributed by atoms with Gasteiger partial charge in [0.25, 0.3) is 0 Å². The molecule has 11 N–H and O–H groups in total. The number of rotatable bonds is 44. The highest BCUT2D eigenvalue weighted by Crippen LogP contribution is 2.44. The van der Waals surface area contributed by atoms with Crippen LogP contribution in [0.25, 0.3) is 0 Å². The molecule has 27 heteroatoms. The molecule has 506 valence electrons. The van der Waals surface area contributed by atoms with Crippen molar-refractivity contribution < 1.29 is 72.7 Å². The Morgan fingerprint density at radius 2 is 1.40 bits per heavy atom. The van der Waals surface area contributed by atoms with E-state index >= 15 is 0 Å². The largest absolute Gasteiger partial charge is 0.481 e. The van der Waals surface area contributed by atoms with Gasteiger partial charge in [-0.3, -0.25) is 52.8 Å². The average molecular weight is 1380 g/mol. The number of likely N-dealkylation sites (tertiary alicyclic amines) is 1. The summed E-state index contributed by atoms with van der Waals surface area (Å²) < 4.78 is 11.6. The Hall–Kier alpha value is -4.68. The van der Waals surface area contributed by atoms with Crippen LogP contribution in [0.15, 0.2) is 12.7 Å². The molecule has 1 rings (SSSR count). The number of carboxylic acid groups (broad SMARTS) is 2. The number of methoxy groups -OCH3 is 2. The van der Waals surface area contributed by atoms with Crippen LogP contribution in [0, 0.1) is 23.7 Å². The molecule has 5 unspecified atom stereocenters. The summed E-state index contributed by atoms with van der Waals surface area (Å²) in [5.74, 6) is -8.84. The number of aliphatic hydroxyl groups excluding tert-OH is 1. The lowest BCUT2D eigenvalue weighted by atomic mass is 9.89. The number of nitrogens with zero attached hydrogens (tertiary/aromatic N) is 3. The van der Waals surface area contributed by atoms with Crippen LogP contribution in [0.1, 0.15) is 159 Å². The SMILES string of the molecule is C=CCCCCC(C)[C@@H](C(=O)N[C@H](C(=O)N(C)[C@@H]([C@@H](C)CC)[C@@H](CC(=O)N1CCC[C@H]1C(OC)[C@@H](C)C(=O)N[C@H](C(=O)N[C@@H](CCC(=O)O)C(=O)N[C@H](C)CNC(=O)[C@H](CN)NC(=O)C(CC(=O)O)SC(I)(CC)CCC)C(C)O)OC)C(C)C)N(C)C. The zero-order valence-electron chi connectivity index (χ0n) is 55.0. The van der Waals surface area contributed by atoms with Gasteiger partial charge in [0.1, 0.15) is 24.2 Å². The van der Waals surface area contributed by atoms with Crippen molar-refractivity contribution in [3.05, 3.63) is 12.7 Å². The standard InChI is InChI=1S/C61H109IN10O15S/c1-17-21-22-23-25-37(8)52(70(12)13)59(84)68-49(35(5)6)60(85)71(14)51(36(7)19-3)44(86-15)31-46(74)72-30-24-26-43(72)53(87-16)39(10)54(79)69-50(40(11)73)58(83)66-41(27-28-47(75)76)56(81)65-38(9)34-64-55(80)42(33-63)67-57(82)45(32-48(77)78)88-61(62,20-4)29-18-2/h17,35-45,49-53,73H,1,18-34,63H2,2-16H3,(H,64,80)(H,65,81)(H,66,83)(H,67,82)(H,68,84)(H,69,79)(H,75,76)(H,77,78)/t36-,37?,38+,39+,40?,41-,42-,43-,44+,45?,49-,50-,51-,52-,53?,61?/m0/s1. The van der Waals surface area contributed by atoms with Gasteiger partial charge in [-0.1, -0.05) is 103 Å². The van der Waals surface area contributed by atoms with Crippen LogP contribution in [0.4, 0.5) is 0 Å². The molecule has 0 spiro atoms. The number of nitrogens with one attached hydrogen (secondary N) is 6. The first kappa shape index (κ1) is 81.3. The quantitative estimate of drug-likeness (QED) is 0.0180. The van der Waals surface area contributed by atoms with Gasteiger partial charge in [0, 0.05) is 53.4 Å². The maximum Gasteiger partial charge on any atom is 0.305 e. The van der Waals surface area contributed by atoms with Gasteiger partial charge in [-0.05, 0) is 97.1 Å². The highest BCUT2D eigenvalue weighted by Gasteiger charge is 2.45. The van der Waals surface area contributed by atoms with Gasteiger partial charge in [-0.25, -0.2) is 0 Å². The summed E-state index contributed by atoms with van der Waals surface area (Å²) in [6.07, 6.45) is 4.45. The van der Waals surface area contributed by atoms with E-state index in [0.717, 1.165) is 32.1 Å². The third-order valence-corrected chi connectivity index (χ3v) is 20.2. The van der Waals surface area contributed by atoms with E-state index in [1.165, 1.54) is 39.8 Å². The molecule has 1 fully saturated rings. The molecule has 0 aromatic rings. The van der Waals surface area contributed by atoms with E-state index in [9.17, 15) is 63.3 Å². The lowest BCUT2D eigenvalue weighted by Crippen LogP contribution is -2.60. The number of amides is 8. The van der Waals surface area contributed by atoms with Crippen LogP contribution < -0.4 is 37.6 Å². The minimum absolute atomic E-state index is 0.0110. The third kappa shape index (κ3) is 26.3. The molecule has 0 aromatic carbocycles. The van der Waals surface area contributed by atoms with Gasteiger partial charge in [-0.2, -0.15) is 0 Å². The number of carbonyl (C=O) groups is 10. The molecule has 1 saturated heterocycles. The molecule has 0 aromatic heterocycles. The van der Waals surface area contributed by atoms with Crippen molar-refractivity contribution in [1.29, 1.82) is 0 Å². The summed E-state index contributed by atoms with van der Waals surface area (Å²) in [5, 5.41) is 44.9. The molecule has 1 aliphatic rings. The monoisotopic (exact) mass is 1380 g/mol. The number of aliphatic hydroxyl groups is 1. The van der Waals surface area contributed by atoms with E-state index in [0.29, 0.717) is 38.6 Å². The molecule has 88 heavy (non-hydrogen) atoms. The van der Waals surface area contributed by atoms with Gasteiger partial charge >= 0.3 is 11.9 Å². The summed E-state index contributed by atoms with van der Waals surface area (Å²) in [4.78, 5) is 140. The van der Waals surface area contributed by atoms with Gasteiger partial charge < -0.3 is 72.2 Å². The highest BCUT2D eigenvalue weighted by atomic mass is 127. The van der Waals surface area contributed by atoms with Crippen molar-refractivity contribution in [2.45, 2.75) is 234 Å². The maximum absolute atomic E-state index is 14.6. The number of likely N-dealkylation sites (N-methyl/N-ethyl adjacent to an activating group) is 2. The summed E-state index contributed by atoms with van der Waals surface area (Å²) in [6, 6.07) is -7.87. The average Bonchev–Trinajstić information content (AvgIpc) is 2.37. The number of hydrogen-bond acceptors (Lipinski definition) is 16. The van der Waals surface area contributed by atoms with Crippen LogP contribution >= 0.6 is 34.4 Å². The number of hydrogen-bond donors (Lipinski definition) is 10.